The van der Waals surface area contributed by atoms with Crippen molar-refractivity contribution >= 4 is 11.3 Å². The maximum atomic E-state index is 6.20. The van der Waals surface area contributed by atoms with Gasteiger partial charge in [0.05, 0.1) is 11.1 Å². The summed E-state index contributed by atoms with van der Waals surface area (Å²) in [5.74, 6) is 1.69. The molecule has 3 heteroatoms. The number of rotatable bonds is 4. The molecular formula is C24H26N2O+2. The molecule has 0 atom stereocenters. The molecule has 1 aromatic heterocycles. The van der Waals surface area contributed by atoms with Crippen molar-refractivity contribution in [1.29, 1.82) is 0 Å². The van der Waals surface area contributed by atoms with E-state index in [1.165, 1.54) is 0 Å². The number of aryl methyl sites for hydroxylation is 1. The van der Waals surface area contributed by atoms with Crippen LogP contribution in [0.4, 0.5) is 0 Å². The molecule has 3 nitrogen and oxygen atoms in total. The number of fused-ring (bicyclic) bond motifs is 2. The number of allylic oxidation sites excluding steroid dienone is 4. The number of nitrogens with zero attached hydrogens (tertiary/aromatic N) is 2. The Labute approximate surface area is 161 Å². The van der Waals surface area contributed by atoms with Crippen molar-refractivity contribution in [3.8, 4) is 11.5 Å². The highest BCUT2D eigenvalue weighted by atomic mass is 16.5. The molecule has 0 bridgehead atoms. The van der Waals surface area contributed by atoms with Gasteiger partial charge in [0.15, 0.2) is 23.9 Å². The smallest absolute Gasteiger partial charge is 0.256 e. The Bertz CT molecular complexity index is 1020. The van der Waals surface area contributed by atoms with Crippen molar-refractivity contribution < 1.29 is 13.9 Å². The number of benzene rings is 1. The van der Waals surface area contributed by atoms with Gasteiger partial charge >= 0.3 is 0 Å². The monoisotopic (exact) mass is 358 g/mol. The molecule has 1 aliphatic heterocycles. The first-order valence-electron chi connectivity index (χ1n) is 9.01. The molecule has 0 saturated carbocycles. The van der Waals surface area contributed by atoms with Gasteiger partial charge in [0.25, 0.3) is 5.69 Å². The van der Waals surface area contributed by atoms with Gasteiger partial charge in [-0.1, -0.05) is 36.9 Å². The van der Waals surface area contributed by atoms with Crippen molar-refractivity contribution in [2.24, 2.45) is 7.05 Å². The van der Waals surface area contributed by atoms with E-state index in [-0.39, 0.29) is 0 Å². The third-order valence-electron chi connectivity index (χ3n) is 4.86. The molecule has 0 saturated heterocycles. The summed E-state index contributed by atoms with van der Waals surface area (Å²) in [6.07, 6.45) is 7.92. The first kappa shape index (κ1) is 18.6. The molecule has 0 aliphatic carbocycles. The average Bonchev–Trinajstić information content (AvgIpc) is 2.67. The van der Waals surface area contributed by atoms with Crippen LogP contribution in [-0.4, -0.2) is 17.3 Å². The summed E-state index contributed by atoms with van der Waals surface area (Å²) in [6.45, 7) is 12.4. The summed E-state index contributed by atoms with van der Waals surface area (Å²) >= 11 is 0. The minimum Gasteiger partial charge on any atom is -0.450 e. The summed E-state index contributed by atoms with van der Waals surface area (Å²) in [7, 11) is 4.04. The van der Waals surface area contributed by atoms with Crippen LogP contribution in [0.2, 0.25) is 0 Å². The number of para-hydroxylation sites is 1. The Morgan fingerprint density at radius 1 is 1.15 bits per heavy atom. The molecule has 1 aliphatic rings. The number of ether oxygens (including phenoxy) is 1. The van der Waals surface area contributed by atoms with Crippen LogP contribution >= 0.6 is 0 Å². The molecule has 2 aromatic rings. The van der Waals surface area contributed by atoms with E-state index >= 15 is 0 Å². The lowest BCUT2D eigenvalue weighted by atomic mass is 9.87. The molecule has 0 radical (unpaired) electrons. The zero-order valence-corrected chi connectivity index (χ0v) is 16.5. The Morgan fingerprint density at radius 3 is 2.56 bits per heavy atom. The van der Waals surface area contributed by atoms with Gasteiger partial charge < -0.3 is 4.74 Å². The van der Waals surface area contributed by atoms with Gasteiger partial charge in [-0.05, 0) is 31.2 Å². The van der Waals surface area contributed by atoms with Crippen molar-refractivity contribution in [2.75, 3.05) is 7.05 Å². The summed E-state index contributed by atoms with van der Waals surface area (Å²) in [6, 6.07) is 12.2. The van der Waals surface area contributed by atoms with Gasteiger partial charge in [0.1, 0.15) is 19.8 Å². The minimum absolute atomic E-state index is 0.841. The number of aromatic nitrogens is 1. The van der Waals surface area contributed by atoms with Crippen LogP contribution in [0, 0.1) is 0 Å². The average molecular weight is 358 g/mol. The maximum Gasteiger partial charge on any atom is 0.256 e. The van der Waals surface area contributed by atoms with Crippen LogP contribution in [0.3, 0.4) is 0 Å². The maximum absolute atomic E-state index is 6.20. The van der Waals surface area contributed by atoms with E-state index in [2.05, 4.69) is 30.7 Å². The molecule has 0 amide bonds. The van der Waals surface area contributed by atoms with Crippen molar-refractivity contribution in [3.63, 3.8) is 0 Å². The summed E-state index contributed by atoms with van der Waals surface area (Å²) in [5, 5.41) is 0. The van der Waals surface area contributed by atoms with E-state index in [1.807, 2.05) is 80.5 Å². The van der Waals surface area contributed by atoms with Crippen molar-refractivity contribution in [3.05, 3.63) is 96.5 Å². The quantitative estimate of drug-likeness (QED) is 0.372. The molecule has 3 rings (SSSR count). The van der Waals surface area contributed by atoms with Gasteiger partial charge in [-0.2, -0.15) is 4.57 Å². The molecule has 1 aromatic carbocycles. The van der Waals surface area contributed by atoms with Crippen LogP contribution in [-0.2, 0) is 7.05 Å². The molecule has 0 N–H and O–H groups in total. The van der Waals surface area contributed by atoms with Crippen LogP contribution < -0.4 is 9.30 Å². The van der Waals surface area contributed by atoms with Crippen LogP contribution in [0.1, 0.15) is 25.1 Å². The fourth-order valence-corrected chi connectivity index (χ4v) is 3.40. The SMILES string of the molecule is C=C[N+](C)=C(C)C(C(=C)C=CC)=C1c2ccccc2Oc2ccc[n+](C)c21. The third-order valence-corrected chi connectivity index (χ3v) is 4.86. The molecular weight excluding hydrogens is 332 g/mol. The molecule has 0 unspecified atom stereocenters. The fraction of sp³-hybridized carbons (Fsp3) is 0.167. The lowest BCUT2D eigenvalue weighted by molar-refractivity contribution is -0.674. The van der Waals surface area contributed by atoms with Crippen LogP contribution in [0.15, 0.2) is 85.3 Å². The van der Waals surface area contributed by atoms with E-state index in [1.54, 1.807) is 0 Å². The molecule has 0 fully saturated rings. The number of hydrogen-bond acceptors (Lipinski definition) is 1. The van der Waals surface area contributed by atoms with Crippen LogP contribution in [0.25, 0.3) is 5.57 Å². The molecule has 2 heterocycles. The van der Waals surface area contributed by atoms with E-state index in [4.69, 9.17) is 4.74 Å². The van der Waals surface area contributed by atoms with E-state index in [0.29, 0.717) is 0 Å². The highest BCUT2D eigenvalue weighted by molar-refractivity contribution is 6.10. The van der Waals surface area contributed by atoms with E-state index < -0.39 is 0 Å². The van der Waals surface area contributed by atoms with Crippen LogP contribution in [0.5, 0.6) is 11.5 Å². The molecule has 27 heavy (non-hydrogen) atoms. The lowest BCUT2D eigenvalue weighted by Gasteiger charge is -2.22. The Morgan fingerprint density at radius 2 is 1.85 bits per heavy atom. The highest BCUT2D eigenvalue weighted by Crippen LogP contribution is 2.44. The number of hydrogen-bond donors (Lipinski definition) is 0. The fourth-order valence-electron chi connectivity index (χ4n) is 3.40. The standard InChI is InChI=1S/C24H26N2O/c1-7-12-17(3)22(18(4)25(5)8-2)23-19-13-9-10-14-20(19)27-21-15-11-16-26(6)24(21)23/h7-16H,2-3H2,1,4-6H3/q+2. The number of pyridine rings is 1. The minimum atomic E-state index is 0.841. The third kappa shape index (κ3) is 3.28. The predicted octanol–water partition coefficient (Wildman–Crippen LogP) is 4.80. The second kappa shape index (κ2) is 7.58. The normalized spacial score (nSPS) is 15.4. The van der Waals surface area contributed by atoms with Crippen molar-refractivity contribution in [1.82, 2.24) is 0 Å². The Hall–Kier alpha value is -3.20. The molecule has 136 valence electrons. The second-order valence-electron chi connectivity index (χ2n) is 6.58. The first-order chi connectivity index (χ1) is 13.0. The lowest BCUT2D eigenvalue weighted by Crippen LogP contribution is -2.35. The van der Waals surface area contributed by atoms with Gasteiger partial charge in [0, 0.05) is 18.6 Å². The van der Waals surface area contributed by atoms with E-state index in [9.17, 15) is 0 Å². The van der Waals surface area contributed by atoms with Gasteiger partial charge in [-0.15, -0.1) is 0 Å². The highest BCUT2D eigenvalue weighted by Gasteiger charge is 2.34. The topological polar surface area (TPSA) is 16.1 Å². The zero-order chi connectivity index (χ0) is 19.6. The summed E-state index contributed by atoms with van der Waals surface area (Å²) < 4.78 is 10.3. The first-order valence-corrected chi connectivity index (χ1v) is 9.01. The van der Waals surface area contributed by atoms with Gasteiger partial charge in [-0.25, -0.2) is 4.58 Å². The molecule has 0 spiro atoms. The second-order valence-corrected chi connectivity index (χ2v) is 6.58. The Kier molecular flexibility index (Phi) is 5.22. The largest absolute Gasteiger partial charge is 0.450 e. The van der Waals surface area contributed by atoms with Gasteiger partial charge in [0.2, 0.25) is 0 Å². The van der Waals surface area contributed by atoms with Gasteiger partial charge in [-0.3, -0.25) is 0 Å². The van der Waals surface area contributed by atoms with Crippen molar-refractivity contribution in [2.45, 2.75) is 13.8 Å². The summed E-state index contributed by atoms with van der Waals surface area (Å²) in [4.78, 5) is 0. The summed E-state index contributed by atoms with van der Waals surface area (Å²) in [5.41, 5.74) is 6.32. The Balaban J connectivity index is 2.51. The van der Waals surface area contributed by atoms with E-state index in [0.717, 1.165) is 45.2 Å². The zero-order valence-electron chi connectivity index (χ0n) is 16.5. The predicted molar refractivity (Wildman–Crippen MR) is 111 cm³/mol.